The Kier molecular flexibility index (Phi) is 3.32. The van der Waals surface area contributed by atoms with Crippen LogP contribution in [-0.2, 0) is 9.31 Å². The zero-order chi connectivity index (χ0) is 13.7. The van der Waals surface area contributed by atoms with Gasteiger partial charge < -0.3 is 9.31 Å². The maximum Gasteiger partial charge on any atom is 0.497 e. The van der Waals surface area contributed by atoms with E-state index in [4.69, 9.17) is 9.31 Å². The van der Waals surface area contributed by atoms with E-state index in [9.17, 15) is 8.78 Å². The summed E-state index contributed by atoms with van der Waals surface area (Å²) in [5.41, 5.74) is -1.07. The minimum Gasteiger partial charge on any atom is -0.399 e. The molecule has 1 aliphatic rings. The van der Waals surface area contributed by atoms with Crippen LogP contribution in [0.5, 0.6) is 0 Å². The Bertz CT molecular complexity index is 475. The first kappa shape index (κ1) is 14.0. The fourth-order valence-electron chi connectivity index (χ4n) is 1.69. The Balaban J connectivity index is 2.39. The van der Waals surface area contributed by atoms with Crippen molar-refractivity contribution in [2.45, 2.75) is 38.9 Å². The summed E-state index contributed by atoms with van der Waals surface area (Å²) in [6.45, 7) is 7.44. The smallest absolute Gasteiger partial charge is 0.399 e. The van der Waals surface area contributed by atoms with Crippen LogP contribution >= 0.6 is 15.9 Å². The molecule has 0 spiro atoms. The monoisotopic (exact) mass is 318 g/mol. The van der Waals surface area contributed by atoms with E-state index in [2.05, 4.69) is 15.9 Å². The minimum atomic E-state index is -0.942. The van der Waals surface area contributed by atoms with Crippen LogP contribution in [0.1, 0.15) is 27.7 Å². The summed E-state index contributed by atoms with van der Waals surface area (Å²) in [7, 11) is -0.891. The molecule has 1 aromatic carbocycles. The van der Waals surface area contributed by atoms with Gasteiger partial charge in [-0.15, -0.1) is 0 Å². The van der Waals surface area contributed by atoms with E-state index >= 15 is 0 Å². The third kappa shape index (κ3) is 2.10. The van der Waals surface area contributed by atoms with Gasteiger partial charge in [-0.3, -0.25) is 0 Å². The largest absolute Gasteiger partial charge is 0.497 e. The Morgan fingerprint density at radius 3 is 2.00 bits per heavy atom. The number of rotatable bonds is 1. The number of halogens is 3. The molecule has 0 saturated carbocycles. The van der Waals surface area contributed by atoms with Crippen LogP contribution in [0.4, 0.5) is 8.78 Å². The number of hydrogen-bond donors (Lipinski definition) is 0. The molecule has 1 fully saturated rings. The predicted molar refractivity (Wildman–Crippen MR) is 69.8 cm³/mol. The van der Waals surface area contributed by atoms with E-state index in [1.807, 2.05) is 27.7 Å². The van der Waals surface area contributed by atoms with Crippen LogP contribution in [-0.4, -0.2) is 18.3 Å². The van der Waals surface area contributed by atoms with E-state index in [1.165, 1.54) is 12.1 Å². The van der Waals surface area contributed by atoms with Gasteiger partial charge in [-0.2, -0.15) is 0 Å². The van der Waals surface area contributed by atoms with E-state index in [-0.39, 0.29) is 9.94 Å². The lowest BCUT2D eigenvalue weighted by molar-refractivity contribution is 0.00578. The summed E-state index contributed by atoms with van der Waals surface area (Å²) in [6, 6.07) is 2.91. The van der Waals surface area contributed by atoms with Crippen LogP contribution in [0.25, 0.3) is 0 Å². The highest BCUT2D eigenvalue weighted by Crippen LogP contribution is 2.36. The maximum atomic E-state index is 13.9. The molecule has 0 aromatic heterocycles. The summed E-state index contributed by atoms with van der Waals surface area (Å²) < 4.78 is 38.8. The Morgan fingerprint density at radius 1 is 1.00 bits per heavy atom. The molecule has 0 unspecified atom stereocenters. The molecule has 98 valence electrons. The van der Waals surface area contributed by atoms with Crippen molar-refractivity contribution in [3.63, 3.8) is 0 Å². The van der Waals surface area contributed by atoms with E-state index in [0.717, 1.165) is 0 Å². The van der Waals surface area contributed by atoms with Gasteiger partial charge in [0.1, 0.15) is 0 Å². The van der Waals surface area contributed by atoms with Crippen molar-refractivity contribution < 1.29 is 18.1 Å². The van der Waals surface area contributed by atoms with Crippen molar-refractivity contribution in [3.8, 4) is 0 Å². The van der Waals surface area contributed by atoms with Crippen molar-refractivity contribution >= 4 is 28.5 Å². The molecule has 0 bridgehead atoms. The van der Waals surface area contributed by atoms with Gasteiger partial charge >= 0.3 is 7.12 Å². The summed E-state index contributed by atoms with van der Waals surface area (Å²) in [6.07, 6.45) is 0. The second-order valence-electron chi connectivity index (χ2n) is 5.35. The third-order valence-corrected chi connectivity index (χ3v) is 4.18. The fraction of sp³-hybridized carbons (Fsp3) is 0.500. The lowest BCUT2D eigenvalue weighted by Crippen LogP contribution is -2.41. The quantitative estimate of drug-likeness (QED) is 0.585. The van der Waals surface area contributed by atoms with E-state index in [0.29, 0.717) is 0 Å². The van der Waals surface area contributed by atoms with Gasteiger partial charge in [0.25, 0.3) is 0 Å². The highest BCUT2D eigenvalue weighted by molar-refractivity contribution is 9.10. The van der Waals surface area contributed by atoms with Crippen molar-refractivity contribution in [1.82, 2.24) is 0 Å². The van der Waals surface area contributed by atoms with Crippen molar-refractivity contribution in [3.05, 3.63) is 28.2 Å². The van der Waals surface area contributed by atoms with Gasteiger partial charge in [-0.05, 0) is 49.7 Å². The van der Waals surface area contributed by atoms with Crippen LogP contribution in [0.3, 0.4) is 0 Å². The Hall–Kier alpha value is -0.455. The van der Waals surface area contributed by atoms with Gasteiger partial charge in [0, 0.05) is 5.46 Å². The molecule has 0 N–H and O–H groups in total. The van der Waals surface area contributed by atoms with Crippen molar-refractivity contribution in [2.75, 3.05) is 0 Å². The third-order valence-electron chi connectivity index (χ3n) is 3.57. The lowest BCUT2D eigenvalue weighted by Gasteiger charge is -2.32. The molecule has 1 aliphatic heterocycles. The van der Waals surface area contributed by atoms with Gasteiger partial charge in [0.05, 0.1) is 15.7 Å². The Labute approximate surface area is 114 Å². The maximum absolute atomic E-state index is 13.9. The molecule has 0 aliphatic carbocycles. The normalized spacial score (nSPS) is 21.4. The van der Waals surface area contributed by atoms with Gasteiger partial charge in [0.15, 0.2) is 11.6 Å². The first-order valence-corrected chi connectivity index (χ1v) is 6.44. The molecule has 1 aromatic rings. The van der Waals surface area contributed by atoms with Crippen LogP contribution in [0.2, 0.25) is 0 Å². The summed E-state index contributed by atoms with van der Waals surface area (Å²) in [5.74, 6) is -1.87. The highest BCUT2D eigenvalue weighted by atomic mass is 79.9. The average Bonchev–Trinajstić information content (AvgIpc) is 2.45. The predicted octanol–water partition coefficient (Wildman–Crippen LogP) is 3.03. The van der Waals surface area contributed by atoms with Crippen molar-refractivity contribution in [1.29, 1.82) is 0 Å². The molecular formula is C12H14BBrF2O2. The van der Waals surface area contributed by atoms with Crippen molar-refractivity contribution in [2.24, 2.45) is 0 Å². The Morgan fingerprint density at radius 2 is 1.50 bits per heavy atom. The number of hydrogen-bond acceptors (Lipinski definition) is 2. The average molecular weight is 319 g/mol. The molecule has 2 rings (SSSR count). The highest BCUT2D eigenvalue weighted by Gasteiger charge is 2.52. The molecule has 1 saturated heterocycles. The summed E-state index contributed by atoms with van der Waals surface area (Å²) in [5, 5.41) is 0. The zero-order valence-electron chi connectivity index (χ0n) is 10.7. The standard InChI is InChI=1S/C12H14BBrF2O2/c1-11(2)12(3,4)18-13(17-11)7-5-6-8(14)10(16)9(7)15/h5-6H,1-4H3. The molecule has 1 heterocycles. The van der Waals surface area contributed by atoms with Crippen LogP contribution in [0, 0.1) is 11.6 Å². The van der Waals surface area contributed by atoms with E-state index < -0.39 is 30.0 Å². The zero-order valence-corrected chi connectivity index (χ0v) is 12.3. The van der Waals surface area contributed by atoms with Crippen LogP contribution < -0.4 is 5.46 Å². The molecule has 6 heteroatoms. The van der Waals surface area contributed by atoms with Crippen LogP contribution in [0.15, 0.2) is 16.6 Å². The SMILES string of the molecule is CC1(C)OB(c2ccc(Br)c(F)c2F)OC1(C)C. The molecular weight excluding hydrogens is 305 g/mol. The summed E-state index contributed by atoms with van der Waals surface area (Å²) in [4.78, 5) is 0. The summed E-state index contributed by atoms with van der Waals surface area (Å²) >= 11 is 2.94. The molecule has 18 heavy (non-hydrogen) atoms. The second kappa shape index (κ2) is 4.29. The lowest BCUT2D eigenvalue weighted by atomic mass is 9.78. The fourth-order valence-corrected chi connectivity index (χ4v) is 2.00. The molecule has 0 atom stereocenters. The second-order valence-corrected chi connectivity index (χ2v) is 6.21. The topological polar surface area (TPSA) is 18.5 Å². The minimum absolute atomic E-state index is 0.0781. The molecule has 0 amide bonds. The molecule has 0 radical (unpaired) electrons. The van der Waals surface area contributed by atoms with E-state index in [1.54, 1.807) is 0 Å². The first-order chi connectivity index (χ1) is 8.16. The first-order valence-electron chi connectivity index (χ1n) is 5.65. The van der Waals surface area contributed by atoms with Gasteiger partial charge in [-0.1, -0.05) is 6.07 Å². The van der Waals surface area contributed by atoms with Gasteiger partial charge in [0.2, 0.25) is 0 Å². The molecule has 2 nitrogen and oxygen atoms in total. The number of benzene rings is 1. The van der Waals surface area contributed by atoms with Gasteiger partial charge in [-0.25, -0.2) is 8.78 Å².